The summed E-state index contributed by atoms with van der Waals surface area (Å²) in [5.41, 5.74) is 2.62. The van der Waals surface area contributed by atoms with Gasteiger partial charge in [-0.25, -0.2) is 9.67 Å². The lowest BCUT2D eigenvalue weighted by Gasteiger charge is -2.24. The summed E-state index contributed by atoms with van der Waals surface area (Å²) in [5, 5.41) is 5.33. The van der Waals surface area contributed by atoms with Crippen LogP contribution >= 0.6 is 0 Å². The summed E-state index contributed by atoms with van der Waals surface area (Å²) in [6, 6.07) is 2.44. The van der Waals surface area contributed by atoms with Crippen LogP contribution in [0.5, 0.6) is 0 Å². The summed E-state index contributed by atoms with van der Waals surface area (Å²) in [5.74, 6) is 0.576. The van der Waals surface area contributed by atoms with Crippen molar-refractivity contribution in [3.8, 4) is 0 Å². The fourth-order valence-corrected chi connectivity index (χ4v) is 2.84. The molecule has 2 heterocycles. The maximum Gasteiger partial charge on any atom is 0.254 e. The zero-order chi connectivity index (χ0) is 16.7. The Bertz CT molecular complexity index is 730. The van der Waals surface area contributed by atoms with Gasteiger partial charge in [0.15, 0.2) is 5.65 Å². The maximum atomic E-state index is 13.0. The van der Waals surface area contributed by atoms with Gasteiger partial charge in [-0.1, -0.05) is 6.92 Å². The van der Waals surface area contributed by atoms with Crippen LogP contribution in [0.1, 0.15) is 75.0 Å². The van der Waals surface area contributed by atoms with Gasteiger partial charge in [-0.2, -0.15) is 5.10 Å². The molecule has 1 fully saturated rings. The Morgan fingerprint density at radius 1 is 1.39 bits per heavy atom. The molecule has 0 radical (unpaired) electrons. The second-order valence-electron chi connectivity index (χ2n) is 6.96. The van der Waals surface area contributed by atoms with Crippen LogP contribution in [0.2, 0.25) is 0 Å². The van der Waals surface area contributed by atoms with E-state index in [9.17, 15) is 4.79 Å². The van der Waals surface area contributed by atoms with Gasteiger partial charge in [0.1, 0.15) is 0 Å². The van der Waals surface area contributed by atoms with Crippen LogP contribution < -0.4 is 0 Å². The van der Waals surface area contributed by atoms with Crippen LogP contribution in [0.15, 0.2) is 12.3 Å². The molecule has 0 saturated heterocycles. The smallest absolute Gasteiger partial charge is 0.254 e. The molecule has 2 aromatic heterocycles. The Labute approximate surface area is 137 Å². The first-order chi connectivity index (χ1) is 10.9. The highest BCUT2D eigenvalue weighted by Crippen LogP contribution is 2.40. The van der Waals surface area contributed by atoms with Gasteiger partial charge in [-0.05, 0) is 46.1 Å². The number of aromatic nitrogens is 3. The van der Waals surface area contributed by atoms with Crippen molar-refractivity contribution in [2.45, 2.75) is 65.0 Å². The van der Waals surface area contributed by atoms with E-state index in [0.717, 1.165) is 28.7 Å². The van der Waals surface area contributed by atoms with Crippen molar-refractivity contribution in [1.29, 1.82) is 0 Å². The number of fused-ring (bicyclic) bond motifs is 1. The van der Waals surface area contributed by atoms with Gasteiger partial charge in [0.05, 0.1) is 17.1 Å². The number of hydrogen-bond acceptors (Lipinski definition) is 3. The summed E-state index contributed by atoms with van der Waals surface area (Å²) < 4.78 is 1.92. The third-order valence-corrected chi connectivity index (χ3v) is 4.87. The van der Waals surface area contributed by atoms with Gasteiger partial charge in [-0.15, -0.1) is 0 Å². The monoisotopic (exact) mass is 314 g/mol. The van der Waals surface area contributed by atoms with E-state index in [2.05, 4.69) is 32.8 Å². The van der Waals surface area contributed by atoms with Crippen LogP contribution in [0.25, 0.3) is 11.0 Å². The molecule has 3 rings (SSSR count). The van der Waals surface area contributed by atoms with Gasteiger partial charge in [0.25, 0.3) is 5.91 Å². The SMILES string of the molecule is CCC(C)N(C)C(=O)c1cc(C2CC2)nc2c1cnn2C(C)C. The van der Waals surface area contributed by atoms with Crippen LogP contribution in [-0.4, -0.2) is 38.7 Å². The normalized spacial score (nSPS) is 16.1. The molecule has 23 heavy (non-hydrogen) atoms. The maximum absolute atomic E-state index is 13.0. The lowest BCUT2D eigenvalue weighted by molar-refractivity contribution is 0.0742. The second kappa shape index (κ2) is 5.95. The van der Waals surface area contributed by atoms with Crippen LogP contribution in [0, 0.1) is 0 Å². The first kappa shape index (κ1) is 16.0. The van der Waals surface area contributed by atoms with Crippen LogP contribution in [-0.2, 0) is 0 Å². The van der Waals surface area contributed by atoms with Crippen LogP contribution in [0.3, 0.4) is 0 Å². The van der Waals surface area contributed by atoms with Crippen LogP contribution in [0.4, 0.5) is 0 Å². The van der Waals surface area contributed by atoms with Gasteiger partial charge < -0.3 is 4.90 Å². The van der Waals surface area contributed by atoms with Gasteiger partial charge >= 0.3 is 0 Å². The van der Waals surface area contributed by atoms with E-state index in [1.807, 2.05) is 22.7 Å². The Kier molecular flexibility index (Phi) is 4.13. The number of carbonyl (C=O) groups excluding carboxylic acids is 1. The van der Waals surface area contributed by atoms with Crippen molar-refractivity contribution < 1.29 is 4.79 Å². The average molecular weight is 314 g/mol. The van der Waals surface area contributed by atoms with E-state index in [0.29, 0.717) is 5.92 Å². The van der Waals surface area contributed by atoms with Crippen molar-refractivity contribution in [2.24, 2.45) is 0 Å². The molecule has 5 nitrogen and oxygen atoms in total. The fourth-order valence-electron chi connectivity index (χ4n) is 2.84. The van der Waals surface area contributed by atoms with E-state index in [1.165, 1.54) is 12.8 Å². The Balaban J connectivity index is 2.13. The zero-order valence-electron chi connectivity index (χ0n) is 14.7. The highest BCUT2D eigenvalue weighted by Gasteiger charge is 2.29. The fraction of sp³-hybridized carbons (Fsp3) is 0.611. The molecule has 0 bridgehead atoms. The second-order valence-corrected chi connectivity index (χ2v) is 6.96. The van der Waals surface area contributed by atoms with Crippen molar-refractivity contribution in [1.82, 2.24) is 19.7 Å². The molecule has 1 saturated carbocycles. The largest absolute Gasteiger partial charge is 0.339 e. The lowest BCUT2D eigenvalue weighted by Crippen LogP contribution is -2.34. The predicted octanol–water partition coefficient (Wildman–Crippen LogP) is 3.76. The molecule has 1 amide bonds. The third kappa shape index (κ3) is 2.84. The minimum absolute atomic E-state index is 0.0666. The molecular formula is C18H26N4O. The standard InChI is InChI=1S/C18H26N4O/c1-6-12(4)21(5)18(23)14-9-16(13-7-8-13)20-17-15(14)10-19-22(17)11(2)3/h9-13H,6-8H2,1-5H3. The molecule has 0 N–H and O–H groups in total. The van der Waals surface area contributed by atoms with Crippen molar-refractivity contribution in [3.63, 3.8) is 0 Å². The number of nitrogens with zero attached hydrogens (tertiary/aromatic N) is 4. The number of carbonyl (C=O) groups is 1. The predicted molar refractivity (Wildman–Crippen MR) is 91.7 cm³/mol. The van der Waals surface area contributed by atoms with Crippen molar-refractivity contribution in [3.05, 3.63) is 23.5 Å². The minimum atomic E-state index is 0.0666. The third-order valence-electron chi connectivity index (χ3n) is 4.87. The molecule has 1 atom stereocenters. The van der Waals surface area contributed by atoms with Crippen molar-refractivity contribution >= 4 is 16.9 Å². The number of amides is 1. The molecule has 0 aromatic carbocycles. The number of rotatable bonds is 5. The topological polar surface area (TPSA) is 51.0 Å². The highest BCUT2D eigenvalue weighted by molar-refractivity contribution is 6.05. The molecule has 5 heteroatoms. The molecule has 1 aliphatic rings. The summed E-state index contributed by atoms with van der Waals surface area (Å²) in [6.45, 7) is 8.36. The Morgan fingerprint density at radius 2 is 2.09 bits per heavy atom. The van der Waals surface area contributed by atoms with E-state index in [4.69, 9.17) is 4.98 Å². The zero-order valence-corrected chi connectivity index (χ0v) is 14.7. The van der Waals surface area contributed by atoms with E-state index < -0.39 is 0 Å². The number of pyridine rings is 1. The summed E-state index contributed by atoms with van der Waals surface area (Å²) in [4.78, 5) is 19.6. The minimum Gasteiger partial charge on any atom is -0.339 e. The van der Waals surface area contributed by atoms with E-state index >= 15 is 0 Å². The quantitative estimate of drug-likeness (QED) is 0.844. The molecule has 2 aromatic rings. The first-order valence-corrected chi connectivity index (χ1v) is 8.59. The number of hydrogen-bond donors (Lipinski definition) is 0. The first-order valence-electron chi connectivity index (χ1n) is 8.59. The van der Waals surface area contributed by atoms with E-state index in [1.54, 1.807) is 6.20 Å². The van der Waals surface area contributed by atoms with Crippen molar-refractivity contribution in [2.75, 3.05) is 7.05 Å². The lowest BCUT2D eigenvalue weighted by atomic mass is 10.1. The van der Waals surface area contributed by atoms with E-state index in [-0.39, 0.29) is 18.0 Å². The summed E-state index contributed by atoms with van der Waals surface area (Å²) in [6.07, 6.45) is 5.07. The molecule has 0 spiro atoms. The Hall–Kier alpha value is -1.91. The Morgan fingerprint density at radius 3 is 2.65 bits per heavy atom. The summed E-state index contributed by atoms with van der Waals surface area (Å²) >= 11 is 0. The molecule has 124 valence electrons. The van der Waals surface area contributed by atoms with Gasteiger partial charge in [0.2, 0.25) is 0 Å². The average Bonchev–Trinajstić information content (AvgIpc) is 3.30. The van der Waals surface area contributed by atoms with Gasteiger partial charge in [-0.3, -0.25) is 4.79 Å². The summed E-state index contributed by atoms with van der Waals surface area (Å²) in [7, 11) is 1.88. The van der Waals surface area contributed by atoms with Gasteiger partial charge in [0, 0.05) is 30.7 Å². The molecular weight excluding hydrogens is 288 g/mol. The molecule has 0 aliphatic heterocycles. The highest BCUT2D eigenvalue weighted by atomic mass is 16.2. The molecule has 1 aliphatic carbocycles. The molecule has 1 unspecified atom stereocenters.